The summed E-state index contributed by atoms with van der Waals surface area (Å²) in [5.74, 6) is -0.884. The van der Waals surface area contributed by atoms with E-state index >= 15 is 0 Å². The van der Waals surface area contributed by atoms with E-state index in [9.17, 15) is 22.9 Å². The number of fused-ring (bicyclic) bond motifs is 1. The molecule has 0 aliphatic heterocycles. The highest BCUT2D eigenvalue weighted by atomic mass is 32.2. The van der Waals surface area contributed by atoms with Crippen molar-refractivity contribution in [3.05, 3.63) is 59.7 Å². The minimum atomic E-state index is -4.56. The smallest absolute Gasteiger partial charge is 0.295 e. The summed E-state index contributed by atoms with van der Waals surface area (Å²) in [5, 5.41) is 13.2. The van der Waals surface area contributed by atoms with Gasteiger partial charge in [0.2, 0.25) is 0 Å². The summed E-state index contributed by atoms with van der Waals surface area (Å²) in [4.78, 5) is 12.0. The lowest BCUT2D eigenvalue weighted by Crippen LogP contribution is -2.13. The van der Waals surface area contributed by atoms with Crippen LogP contribution < -0.4 is 11.1 Å². The van der Waals surface area contributed by atoms with Crippen LogP contribution in [0.2, 0.25) is 0 Å². The molecule has 5 N–H and O–H groups in total. The normalized spacial score (nSPS) is 11.5. The number of benzene rings is 3. The zero-order valence-electron chi connectivity index (χ0n) is 13.7. The highest BCUT2D eigenvalue weighted by Gasteiger charge is 2.20. The highest BCUT2D eigenvalue weighted by Crippen LogP contribution is 2.37. The Bertz CT molecular complexity index is 1140. The van der Waals surface area contributed by atoms with Crippen molar-refractivity contribution in [3.63, 3.8) is 0 Å². The first-order valence-corrected chi connectivity index (χ1v) is 9.02. The van der Waals surface area contributed by atoms with Crippen LogP contribution in [0.1, 0.15) is 15.9 Å². The lowest BCUT2D eigenvalue weighted by Gasteiger charge is -2.13. The van der Waals surface area contributed by atoms with Crippen LogP contribution in [0.15, 0.2) is 53.4 Å². The third kappa shape index (κ3) is 3.19. The number of amides is 1. The van der Waals surface area contributed by atoms with Crippen LogP contribution in [0.5, 0.6) is 5.75 Å². The zero-order chi connectivity index (χ0) is 19.1. The molecule has 0 bridgehead atoms. The Hall–Kier alpha value is -3.10. The number of carbonyl (C=O) groups excluding carboxylic acids is 1. The first kappa shape index (κ1) is 17.7. The molecule has 3 rings (SSSR count). The summed E-state index contributed by atoms with van der Waals surface area (Å²) in [6.45, 7) is 1.80. The van der Waals surface area contributed by atoms with E-state index in [2.05, 4.69) is 5.32 Å². The average molecular weight is 372 g/mol. The van der Waals surface area contributed by atoms with Crippen LogP contribution in [0.25, 0.3) is 10.8 Å². The van der Waals surface area contributed by atoms with Crippen molar-refractivity contribution >= 4 is 38.2 Å². The molecule has 0 saturated carbocycles. The number of aryl methyl sites for hydroxylation is 1. The first-order chi connectivity index (χ1) is 12.2. The third-order valence-electron chi connectivity index (χ3n) is 4.05. The van der Waals surface area contributed by atoms with Gasteiger partial charge in [0.1, 0.15) is 10.6 Å². The molecule has 0 aliphatic rings. The SMILES string of the molecule is Cc1ccc(C(=O)Nc2cc(S(=O)(=O)O)c3ccccc3c2O)cc1N. The number of phenols is 1. The van der Waals surface area contributed by atoms with Crippen LogP contribution >= 0.6 is 0 Å². The largest absolute Gasteiger partial charge is 0.505 e. The minimum Gasteiger partial charge on any atom is -0.505 e. The minimum absolute atomic E-state index is 0.138. The summed E-state index contributed by atoms with van der Waals surface area (Å²) in [6, 6.07) is 11.8. The van der Waals surface area contributed by atoms with Crippen molar-refractivity contribution in [3.8, 4) is 5.75 Å². The van der Waals surface area contributed by atoms with Gasteiger partial charge in [-0.05, 0) is 30.7 Å². The van der Waals surface area contributed by atoms with Crippen LogP contribution in [0, 0.1) is 6.92 Å². The Morgan fingerprint density at radius 3 is 2.35 bits per heavy atom. The summed E-state index contributed by atoms with van der Waals surface area (Å²) in [7, 11) is -4.56. The van der Waals surface area contributed by atoms with Gasteiger partial charge < -0.3 is 16.2 Å². The summed E-state index contributed by atoms with van der Waals surface area (Å²) in [5.41, 5.74) is 7.14. The second-order valence-corrected chi connectivity index (χ2v) is 7.21. The van der Waals surface area contributed by atoms with E-state index in [1.165, 1.54) is 18.2 Å². The fourth-order valence-electron chi connectivity index (χ4n) is 2.61. The number of hydrogen-bond acceptors (Lipinski definition) is 5. The fraction of sp³-hybridized carbons (Fsp3) is 0.0556. The molecular formula is C18H16N2O5S. The number of nitrogen functional groups attached to an aromatic ring is 1. The standard InChI is InChI=1S/C18H16N2O5S/c1-10-6-7-11(8-14(10)19)18(22)20-15-9-16(26(23,24)25)12-4-2-3-5-13(12)17(15)21/h2-9,21H,19H2,1H3,(H,20,22)(H,23,24,25). The molecule has 1 amide bonds. The van der Waals surface area contributed by atoms with E-state index in [4.69, 9.17) is 5.73 Å². The zero-order valence-corrected chi connectivity index (χ0v) is 14.5. The van der Waals surface area contributed by atoms with Crippen molar-refractivity contribution in [2.45, 2.75) is 11.8 Å². The van der Waals surface area contributed by atoms with E-state index in [0.29, 0.717) is 5.69 Å². The molecule has 26 heavy (non-hydrogen) atoms. The van der Waals surface area contributed by atoms with Crippen molar-refractivity contribution in [2.24, 2.45) is 0 Å². The van der Waals surface area contributed by atoms with Gasteiger partial charge in [0, 0.05) is 22.0 Å². The number of phenolic OH excluding ortho intramolecular Hbond substituents is 1. The number of nitrogens with one attached hydrogen (secondary N) is 1. The summed E-state index contributed by atoms with van der Waals surface area (Å²) in [6.07, 6.45) is 0. The molecule has 0 saturated heterocycles. The van der Waals surface area contributed by atoms with Crippen LogP contribution in [-0.4, -0.2) is 24.0 Å². The average Bonchev–Trinajstić information content (AvgIpc) is 2.58. The van der Waals surface area contributed by atoms with Crippen molar-refractivity contribution < 1.29 is 22.9 Å². The van der Waals surface area contributed by atoms with Crippen LogP contribution in [-0.2, 0) is 10.1 Å². The first-order valence-electron chi connectivity index (χ1n) is 7.58. The predicted molar refractivity (Wildman–Crippen MR) is 99.0 cm³/mol. The van der Waals surface area contributed by atoms with Gasteiger partial charge in [-0.1, -0.05) is 30.3 Å². The molecule has 7 nitrogen and oxygen atoms in total. The second kappa shape index (κ2) is 6.32. The van der Waals surface area contributed by atoms with E-state index in [1.54, 1.807) is 31.2 Å². The van der Waals surface area contributed by atoms with E-state index in [0.717, 1.165) is 11.6 Å². The number of nitrogens with two attached hydrogens (primary N) is 1. The Labute approximate surface area is 149 Å². The molecule has 0 heterocycles. The van der Waals surface area contributed by atoms with Crippen molar-refractivity contribution in [1.29, 1.82) is 0 Å². The molecular weight excluding hydrogens is 356 g/mol. The lowest BCUT2D eigenvalue weighted by atomic mass is 10.1. The Balaban J connectivity index is 2.12. The molecule has 0 fully saturated rings. The van der Waals surface area contributed by atoms with E-state index in [-0.39, 0.29) is 27.8 Å². The van der Waals surface area contributed by atoms with E-state index < -0.39 is 20.9 Å². The maximum absolute atomic E-state index is 12.4. The molecule has 3 aromatic carbocycles. The highest BCUT2D eigenvalue weighted by molar-refractivity contribution is 7.86. The number of aromatic hydroxyl groups is 1. The Morgan fingerprint density at radius 1 is 1.08 bits per heavy atom. The molecule has 0 aromatic heterocycles. The van der Waals surface area contributed by atoms with Gasteiger partial charge in [-0.25, -0.2) is 0 Å². The molecule has 0 radical (unpaired) electrons. The predicted octanol–water partition coefficient (Wildman–Crippen LogP) is 2.94. The molecule has 0 aliphatic carbocycles. The topological polar surface area (TPSA) is 130 Å². The number of rotatable bonds is 3. The van der Waals surface area contributed by atoms with Gasteiger partial charge >= 0.3 is 0 Å². The molecule has 3 aromatic rings. The number of carbonyl (C=O) groups is 1. The molecule has 0 spiro atoms. The third-order valence-corrected chi connectivity index (χ3v) is 4.94. The lowest BCUT2D eigenvalue weighted by molar-refractivity contribution is 0.102. The Kier molecular flexibility index (Phi) is 4.31. The van der Waals surface area contributed by atoms with Crippen LogP contribution in [0.3, 0.4) is 0 Å². The van der Waals surface area contributed by atoms with Gasteiger partial charge in [-0.2, -0.15) is 8.42 Å². The summed E-state index contributed by atoms with van der Waals surface area (Å²) < 4.78 is 32.9. The quantitative estimate of drug-likeness (QED) is 0.318. The Morgan fingerprint density at radius 2 is 1.73 bits per heavy atom. The maximum atomic E-state index is 12.4. The molecule has 0 atom stereocenters. The summed E-state index contributed by atoms with van der Waals surface area (Å²) >= 11 is 0. The number of hydrogen-bond donors (Lipinski definition) is 4. The van der Waals surface area contributed by atoms with Crippen molar-refractivity contribution in [2.75, 3.05) is 11.1 Å². The van der Waals surface area contributed by atoms with E-state index in [1.807, 2.05) is 0 Å². The van der Waals surface area contributed by atoms with Crippen molar-refractivity contribution in [1.82, 2.24) is 0 Å². The number of anilines is 2. The van der Waals surface area contributed by atoms with Gasteiger partial charge in [-0.3, -0.25) is 9.35 Å². The van der Waals surface area contributed by atoms with Gasteiger partial charge in [0.25, 0.3) is 16.0 Å². The molecule has 8 heteroatoms. The maximum Gasteiger partial charge on any atom is 0.295 e. The van der Waals surface area contributed by atoms with Gasteiger partial charge in [0.15, 0.2) is 0 Å². The molecule has 0 unspecified atom stereocenters. The fourth-order valence-corrected chi connectivity index (χ4v) is 3.33. The van der Waals surface area contributed by atoms with Gasteiger partial charge in [0.05, 0.1) is 5.69 Å². The van der Waals surface area contributed by atoms with Crippen LogP contribution in [0.4, 0.5) is 11.4 Å². The molecule has 134 valence electrons. The second-order valence-electron chi connectivity index (χ2n) is 5.82. The monoisotopic (exact) mass is 372 g/mol. The van der Waals surface area contributed by atoms with Gasteiger partial charge in [-0.15, -0.1) is 0 Å².